The van der Waals surface area contributed by atoms with E-state index in [4.69, 9.17) is 5.26 Å². The monoisotopic (exact) mass is 257 g/mol. The van der Waals surface area contributed by atoms with Crippen LogP contribution in [0.5, 0.6) is 0 Å². The van der Waals surface area contributed by atoms with Gasteiger partial charge >= 0.3 is 5.97 Å². The molecule has 0 fully saturated rings. The summed E-state index contributed by atoms with van der Waals surface area (Å²) in [4.78, 5) is 15.7. The van der Waals surface area contributed by atoms with Gasteiger partial charge in [-0.3, -0.25) is 4.79 Å². The second kappa shape index (κ2) is 6.01. The van der Waals surface area contributed by atoms with Gasteiger partial charge in [-0.1, -0.05) is 12.1 Å². The van der Waals surface area contributed by atoms with E-state index >= 15 is 0 Å². The van der Waals surface area contributed by atoms with Crippen LogP contribution in [-0.4, -0.2) is 22.6 Å². The fourth-order valence-corrected chi connectivity index (χ4v) is 2.04. The normalized spacial score (nSPS) is 10.3. The quantitative estimate of drug-likeness (QED) is 0.769. The van der Waals surface area contributed by atoms with Crippen LogP contribution in [0.25, 0.3) is 11.0 Å². The highest BCUT2D eigenvalue weighted by Gasteiger charge is 2.11. The molecule has 19 heavy (non-hydrogen) atoms. The summed E-state index contributed by atoms with van der Waals surface area (Å²) in [7, 11) is 1.38. The van der Waals surface area contributed by atoms with Crippen LogP contribution in [-0.2, 0) is 22.5 Å². The van der Waals surface area contributed by atoms with Gasteiger partial charge in [0.25, 0.3) is 0 Å². The Morgan fingerprint density at radius 3 is 3.00 bits per heavy atom. The van der Waals surface area contributed by atoms with Crippen molar-refractivity contribution in [1.82, 2.24) is 9.55 Å². The summed E-state index contributed by atoms with van der Waals surface area (Å²) in [6.07, 6.45) is 1.24. The minimum absolute atomic E-state index is 0.251. The highest BCUT2D eigenvalue weighted by atomic mass is 16.5. The van der Waals surface area contributed by atoms with Crippen molar-refractivity contribution in [3.05, 3.63) is 30.1 Å². The van der Waals surface area contributed by atoms with Crippen molar-refractivity contribution in [1.29, 1.82) is 5.26 Å². The first kappa shape index (κ1) is 13.1. The Balaban J connectivity index is 2.30. The van der Waals surface area contributed by atoms with Crippen LogP contribution in [0.4, 0.5) is 0 Å². The van der Waals surface area contributed by atoms with E-state index in [0.717, 1.165) is 16.9 Å². The number of esters is 1. The third-order valence-corrected chi connectivity index (χ3v) is 2.96. The topological polar surface area (TPSA) is 67.9 Å². The maximum Gasteiger partial charge on any atom is 0.305 e. The number of para-hydroxylation sites is 2. The fourth-order valence-electron chi connectivity index (χ4n) is 2.04. The van der Waals surface area contributed by atoms with Gasteiger partial charge in [-0.15, -0.1) is 0 Å². The summed E-state index contributed by atoms with van der Waals surface area (Å²) in [6.45, 7) is 0.591. The number of nitrogens with zero attached hydrogens (tertiary/aromatic N) is 3. The Morgan fingerprint density at radius 2 is 2.26 bits per heavy atom. The zero-order valence-corrected chi connectivity index (χ0v) is 10.8. The van der Waals surface area contributed by atoms with Gasteiger partial charge in [0.2, 0.25) is 0 Å². The van der Waals surface area contributed by atoms with E-state index in [1.807, 2.05) is 28.8 Å². The van der Waals surface area contributed by atoms with Gasteiger partial charge in [-0.05, 0) is 12.1 Å². The average Bonchev–Trinajstić information content (AvgIpc) is 2.80. The van der Waals surface area contributed by atoms with Crippen LogP contribution in [0, 0.1) is 11.3 Å². The Morgan fingerprint density at radius 1 is 1.47 bits per heavy atom. The van der Waals surface area contributed by atoms with Crippen LogP contribution >= 0.6 is 0 Å². The molecule has 1 aromatic heterocycles. The van der Waals surface area contributed by atoms with E-state index in [0.29, 0.717) is 25.8 Å². The molecule has 0 amide bonds. The number of aryl methyl sites for hydroxylation is 2. The molecule has 5 nitrogen and oxygen atoms in total. The van der Waals surface area contributed by atoms with E-state index < -0.39 is 0 Å². The third kappa shape index (κ3) is 2.91. The number of imidazole rings is 1. The van der Waals surface area contributed by atoms with Crippen molar-refractivity contribution < 1.29 is 9.53 Å². The molecule has 1 heterocycles. The van der Waals surface area contributed by atoms with Gasteiger partial charge in [0.15, 0.2) is 0 Å². The van der Waals surface area contributed by atoms with Crippen molar-refractivity contribution in [3.63, 3.8) is 0 Å². The molecule has 0 saturated heterocycles. The van der Waals surface area contributed by atoms with E-state index in [1.54, 1.807) is 0 Å². The number of methoxy groups -OCH3 is 1. The Bertz CT molecular complexity index is 625. The molecule has 1 aromatic carbocycles. The number of aromatic nitrogens is 2. The number of carbonyl (C=O) groups is 1. The molecular formula is C14H15N3O2. The minimum atomic E-state index is -0.251. The SMILES string of the molecule is COC(=O)CCc1nc2ccccc2n1CCC#N. The van der Waals surface area contributed by atoms with Crippen molar-refractivity contribution >= 4 is 17.0 Å². The Hall–Kier alpha value is -2.35. The van der Waals surface area contributed by atoms with Crippen LogP contribution in [0.3, 0.4) is 0 Å². The molecule has 0 spiro atoms. The van der Waals surface area contributed by atoms with Crippen LogP contribution in [0.1, 0.15) is 18.7 Å². The first-order chi connectivity index (χ1) is 9.26. The predicted molar refractivity (Wildman–Crippen MR) is 70.3 cm³/mol. The first-order valence-electron chi connectivity index (χ1n) is 6.14. The Kier molecular flexibility index (Phi) is 4.14. The maximum absolute atomic E-state index is 11.2. The Labute approximate surface area is 111 Å². The highest BCUT2D eigenvalue weighted by molar-refractivity contribution is 5.76. The van der Waals surface area contributed by atoms with Gasteiger partial charge in [0.05, 0.1) is 37.1 Å². The standard InChI is InChI=1S/C14H15N3O2/c1-19-14(18)8-7-13-16-11-5-2-3-6-12(11)17(13)10-4-9-15/h2-3,5-6H,4,7-8,10H2,1H3. The highest BCUT2D eigenvalue weighted by Crippen LogP contribution is 2.17. The number of benzene rings is 1. The molecule has 0 aliphatic heterocycles. The van der Waals surface area contributed by atoms with Crippen molar-refractivity contribution in [2.45, 2.75) is 25.8 Å². The summed E-state index contributed by atoms with van der Waals surface area (Å²) in [5, 5.41) is 8.73. The van der Waals surface area contributed by atoms with E-state index in [-0.39, 0.29) is 5.97 Å². The number of hydrogen-bond donors (Lipinski definition) is 0. The van der Waals surface area contributed by atoms with Gasteiger partial charge in [-0.2, -0.15) is 5.26 Å². The van der Waals surface area contributed by atoms with Gasteiger partial charge in [0, 0.05) is 13.0 Å². The summed E-state index contributed by atoms with van der Waals surface area (Å²) in [5.41, 5.74) is 1.89. The number of fused-ring (bicyclic) bond motifs is 1. The molecule has 0 unspecified atom stereocenters. The second-order valence-corrected chi connectivity index (χ2v) is 4.15. The van der Waals surface area contributed by atoms with Crippen LogP contribution < -0.4 is 0 Å². The van der Waals surface area contributed by atoms with E-state index in [2.05, 4.69) is 15.8 Å². The van der Waals surface area contributed by atoms with Gasteiger partial charge in [-0.25, -0.2) is 4.98 Å². The zero-order chi connectivity index (χ0) is 13.7. The average molecular weight is 257 g/mol. The minimum Gasteiger partial charge on any atom is -0.469 e. The van der Waals surface area contributed by atoms with Crippen molar-refractivity contribution in [2.75, 3.05) is 7.11 Å². The molecule has 0 N–H and O–H groups in total. The molecule has 0 atom stereocenters. The van der Waals surface area contributed by atoms with Gasteiger partial charge < -0.3 is 9.30 Å². The number of carbonyl (C=O) groups excluding carboxylic acids is 1. The van der Waals surface area contributed by atoms with E-state index in [9.17, 15) is 4.79 Å². The smallest absolute Gasteiger partial charge is 0.305 e. The van der Waals surface area contributed by atoms with Gasteiger partial charge in [0.1, 0.15) is 5.82 Å². The molecule has 0 aliphatic carbocycles. The lowest BCUT2D eigenvalue weighted by Gasteiger charge is -2.06. The maximum atomic E-state index is 11.2. The fraction of sp³-hybridized carbons (Fsp3) is 0.357. The largest absolute Gasteiger partial charge is 0.469 e. The molecule has 0 aliphatic rings. The lowest BCUT2D eigenvalue weighted by Crippen LogP contribution is -2.08. The molecule has 0 bridgehead atoms. The van der Waals surface area contributed by atoms with Crippen LogP contribution in [0.2, 0.25) is 0 Å². The second-order valence-electron chi connectivity index (χ2n) is 4.15. The first-order valence-corrected chi connectivity index (χ1v) is 6.14. The molecule has 98 valence electrons. The number of nitriles is 1. The summed E-state index contributed by atoms with van der Waals surface area (Å²) < 4.78 is 6.64. The lowest BCUT2D eigenvalue weighted by atomic mass is 10.3. The summed E-state index contributed by atoms with van der Waals surface area (Å²) in [5.74, 6) is 0.570. The number of rotatable bonds is 5. The third-order valence-electron chi connectivity index (χ3n) is 2.96. The molecule has 0 saturated carbocycles. The lowest BCUT2D eigenvalue weighted by molar-refractivity contribution is -0.140. The summed E-state index contributed by atoms with van der Waals surface area (Å²) >= 11 is 0. The number of hydrogen-bond acceptors (Lipinski definition) is 4. The van der Waals surface area contributed by atoms with Crippen molar-refractivity contribution in [3.8, 4) is 6.07 Å². The molecule has 2 aromatic rings. The zero-order valence-electron chi connectivity index (χ0n) is 10.8. The predicted octanol–water partition coefficient (Wildman–Crippen LogP) is 2.06. The molecule has 2 rings (SSSR count). The molecule has 0 radical (unpaired) electrons. The molecular weight excluding hydrogens is 242 g/mol. The molecule has 5 heteroatoms. The number of ether oxygens (including phenoxy) is 1. The van der Waals surface area contributed by atoms with E-state index in [1.165, 1.54) is 7.11 Å². The van der Waals surface area contributed by atoms with Crippen LogP contribution in [0.15, 0.2) is 24.3 Å². The van der Waals surface area contributed by atoms with Crippen molar-refractivity contribution in [2.24, 2.45) is 0 Å². The summed E-state index contributed by atoms with van der Waals surface area (Å²) in [6, 6.07) is 9.90.